The molecule has 1 fully saturated rings. The fourth-order valence-electron chi connectivity index (χ4n) is 1.68. The zero-order valence-corrected chi connectivity index (χ0v) is 7.12. The number of hydrogen-bond donors (Lipinski definition) is 0. The summed E-state index contributed by atoms with van der Waals surface area (Å²) in [5.74, 6) is 1.17. The van der Waals surface area contributed by atoms with Crippen molar-refractivity contribution in [3.63, 3.8) is 0 Å². The molecule has 0 amide bonds. The molecule has 1 rings (SSSR count). The van der Waals surface area contributed by atoms with Crippen LogP contribution >= 0.6 is 0 Å². The molecule has 0 aromatic rings. The Hall–Kier alpha value is -0.600. The van der Waals surface area contributed by atoms with Crippen molar-refractivity contribution in [3.8, 4) is 0 Å². The summed E-state index contributed by atoms with van der Waals surface area (Å²) >= 11 is 0. The molecular formula is C8H15NO2. The lowest BCUT2D eigenvalue weighted by Gasteiger charge is -2.29. The van der Waals surface area contributed by atoms with Gasteiger partial charge in [-0.1, -0.05) is 20.3 Å². The van der Waals surface area contributed by atoms with E-state index < -0.39 is 0 Å². The molecule has 3 atom stereocenters. The highest BCUT2D eigenvalue weighted by atomic mass is 16.7. The lowest BCUT2D eigenvalue weighted by atomic mass is 9.82. The van der Waals surface area contributed by atoms with Crippen molar-refractivity contribution in [3.05, 3.63) is 4.91 Å². The molecular weight excluding hydrogens is 142 g/mol. The maximum atomic E-state index is 9.85. The van der Waals surface area contributed by atoms with E-state index in [4.69, 9.17) is 4.84 Å². The Morgan fingerprint density at radius 3 is 2.73 bits per heavy atom. The third-order valence-electron chi connectivity index (χ3n) is 2.56. The Morgan fingerprint density at radius 2 is 2.09 bits per heavy atom. The predicted octanol–water partition coefficient (Wildman–Crippen LogP) is 2.51. The van der Waals surface area contributed by atoms with E-state index in [1.807, 2.05) is 0 Å². The van der Waals surface area contributed by atoms with Crippen LogP contribution in [0.1, 0.15) is 33.1 Å². The fraction of sp³-hybridized carbons (Fsp3) is 1.00. The summed E-state index contributed by atoms with van der Waals surface area (Å²) in [5, 5.41) is 2.49. The maximum Gasteiger partial charge on any atom is 0.155 e. The third kappa shape index (κ3) is 2.17. The molecule has 0 aromatic heterocycles. The van der Waals surface area contributed by atoms with Crippen LogP contribution in [0.5, 0.6) is 0 Å². The summed E-state index contributed by atoms with van der Waals surface area (Å²) in [6.45, 7) is 4.30. The Morgan fingerprint density at radius 1 is 1.36 bits per heavy atom. The van der Waals surface area contributed by atoms with Crippen LogP contribution in [-0.4, -0.2) is 6.10 Å². The topological polar surface area (TPSA) is 38.7 Å². The van der Waals surface area contributed by atoms with Crippen LogP contribution in [0.25, 0.3) is 0 Å². The average Bonchev–Trinajstić information content (AvgIpc) is 1.98. The Kier molecular flexibility index (Phi) is 2.85. The van der Waals surface area contributed by atoms with Gasteiger partial charge in [0.25, 0.3) is 0 Å². The molecule has 0 aromatic carbocycles. The van der Waals surface area contributed by atoms with Gasteiger partial charge in [0.2, 0.25) is 0 Å². The molecule has 3 nitrogen and oxygen atoms in total. The fourth-order valence-corrected chi connectivity index (χ4v) is 1.68. The van der Waals surface area contributed by atoms with Crippen LogP contribution < -0.4 is 0 Å². The maximum absolute atomic E-state index is 9.85. The first kappa shape index (κ1) is 8.50. The predicted molar refractivity (Wildman–Crippen MR) is 42.8 cm³/mol. The lowest BCUT2D eigenvalue weighted by molar-refractivity contribution is -0.0177. The minimum atomic E-state index is 0.0660. The van der Waals surface area contributed by atoms with Crippen molar-refractivity contribution in [2.75, 3.05) is 0 Å². The van der Waals surface area contributed by atoms with E-state index in [2.05, 4.69) is 19.2 Å². The Bertz CT molecular complexity index is 138. The SMILES string of the molecule is CC1CC[C@@H](C)C(ON=O)C1. The van der Waals surface area contributed by atoms with Crippen LogP contribution in [0, 0.1) is 16.7 Å². The van der Waals surface area contributed by atoms with Crippen molar-refractivity contribution >= 4 is 0 Å². The van der Waals surface area contributed by atoms with Gasteiger partial charge in [-0.2, -0.15) is 0 Å². The van der Waals surface area contributed by atoms with E-state index in [1.165, 1.54) is 6.42 Å². The van der Waals surface area contributed by atoms with Gasteiger partial charge in [-0.3, -0.25) is 0 Å². The van der Waals surface area contributed by atoms with Crippen LogP contribution in [0.4, 0.5) is 0 Å². The molecule has 0 aliphatic heterocycles. The molecule has 11 heavy (non-hydrogen) atoms. The van der Waals surface area contributed by atoms with Crippen LogP contribution in [0.15, 0.2) is 5.34 Å². The summed E-state index contributed by atoms with van der Waals surface area (Å²) in [4.78, 5) is 14.6. The number of nitrogens with zero attached hydrogens (tertiary/aromatic N) is 1. The molecule has 64 valence electrons. The first-order valence-corrected chi connectivity index (χ1v) is 4.22. The molecule has 0 bridgehead atoms. The Balaban J connectivity index is 2.40. The first-order valence-electron chi connectivity index (χ1n) is 4.22. The Labute approximate surface area is 67.1 Å². The largest absolute Gasteiger partial charge is 0.360 e. The first-order chi connectivity index (χ1) is 5.24. The second-order valence-corrected chi connectivity index (χ2v) is 3.61. The highest BCUT2D eigenvalue weighted by molar-refractivity contribution is 4.75. The molecule has 3 heteroatoms. The average molecular weight is 157 g/mol. The normalized spacial score (nSPS) is 38.2. The second-order valence-electron chi connectivity index (χ2n) is 3.61. The van der Waals surface area contributed by atoms with E-state index in [0.29, 0.717) is 11.8 Å². The van der Waals surface area contributed by atoms with Crippen molar-refractivity contribution in [1.29, 1.82) is 0 Å². The van der Waals surface area contributed by atoms with Gasteiger partial charge in [-0.05, 0) is 24.7 Å². The van der Waals surface area contributed by atoms with Gasteiger partial charge < -0.3 is 4.84 Å². The lowest BCUT2D eigenvalue weighted by Crippen LogP contribution is -2.27. The molecule has 0 spiro atoms. The summed E-state index contributed by atoms with van der Waals surface area (Å²) in [6.07, 6.45) is 3.45. The second kappa shape index (κ2) is 3.69. The standard InChI is InChI=1S/C8H15NO2/c1-6-3-4-7(2)8(5-6)11-9-10/h6-8H,3-5H2,1-2H3/t6?,7-,8?/m1/s1. The minimum absolute atomic E-state index is 0.0660. The molecule has 2 unspecified atom stereocenters. The third-order valence-corrected chi connectivity index (χ3v) is 2.56. The van der Waals surface area contributed by atoms with Gasteiger partial charge in [-0.15, -0.1) is 4.91 Å². The molecule has 1 aliphatic rings. The molecule has 0 N–H and O–H groups in total. The van der Waals surface area contributed by atoms with Crippen LogP contribution in [0.2, 0.25) is 0 Å². The van der Waals surface area contributed by atoms with Crippen LogP contribution in [-0.2, 0) is 4.84 Å². The van der Waals surface area contributed by atoms with Gasteiger partial charge in [0.1, 0.15) is 6.10 Å². The van der Waals surface area contributed by atoms with Crippen molar-refractivity contribution in [1.82, 2.24) is 0 Å². The van der Waals surface area contributed by atoms with E-state index >= 15 is 0 Å². The van der Waals surface area contributed by atoms with Gasteiger partial charge >= 0.3 is 0 Å². The smallest absolute Gasteiger partial charge is 0.155 e. The van der Waals surface area contributed by atoms with Gasteiger partial charge in [0, 0.05) is 0 Å². The van der Waals surface area contributed by atoms with Gasteiger partial charge in [0.05, 0.1) is 0 Å². The van der Waals surface area contributed by atoms with Crippen molar-refractivity contribution in [2.45, 2.75) is 39.2 Å². The summed E-state index contributed by atoms with van der Waals surface area (Å²) < 4.78 is 0. The zero-order chi connectivity index (χ0) is 8.27. The highest BCUT2D eigenvalue weighted by Gasteiger charge is 2.27. The van der Waals surface area contributed by atoms with E-state index in [0.717, 1.165) is 12.8 Å². The quantitative estimate of drug-likeness (QED) is 0.456. The number of rotatable bonds is 2. The zero-order valence-electron chi connectivity index (χ0n) is 7.12. The summed E-state index contributed by atoms with van der Waals surface area (Å²) in [5.41, 5.74) is 0. The number of hydrogen-bond acceptors (Lipinski definition) is 3. The molecule has 1 saturated carbocycles. The molecule has 0 heterocycles. The van der Waals surface area contributed by atoms with Crippen molar-refractivity contribution < 1.29 is 4.84 Å². The monoisotopic (exact) mass is 157 g/mol. The summed E-state index contributed by atoms with van der Waals surface area (Å²) in [7, 11) is 0. The van der Waals surface area contributed by atoms with E-state index in [-0.39, 0.29) is 6.10 Å². The van der Waals surface area contributed by atoms with Crippen molar-refractivity contribution in [2.24, 2.45) is 17.2 Å². The van der Waals surface area contributed by atoms with Gasteiger partial charge in [-0.25, -0.2) is 0 Å². The molecule has 1 aliphatic carbocycles. The molecule has 0 saturated heterocycles. The minimum Gasteiger partial charge on any atom is -0.360 e. The van der Waals surface area contributed by atoms with E-state index in [1.54, 1.807) is 0 Å². The highest BCUT2D eigenvalue weighted by Crippen LogP contribution is 2.30. The van der Waals surface area contributed by atoms with E-state index in [9.17, 15) is 4.91 Å². The molecule has 0 radical (unpaired) electrons. The van der Waals surface area contributed by atoms with Gasteiger partial charge in [0.15, 0.2) is 5.34 Å². The summed E-state index contributed by atoms with van der Waals surface area (Å²) in [6, 6.07) is 0. The van der Waals surface area contributed by atoms with Crippen LogP contribution in [0.3, 0.4) is 0 Å².